The van der Waals surface area contributed by atoms with Crippen molar-refractivity contribution >= 4 is 29.0 Å². The number of hydrogen-bond donors (Lipinski definition) is 4. The smallest absolute Gasteiger partial charge is 0.415 e. The van der Waals surface area contributed by atoms with Crippen LogP contribution < -0.4 is 20.5 Å². The number of amides is 2. The SMILES string of the molecule is COc1ccc(OC(=O)N2CCC(CC#Cc3nc(N)c4ncn([C@@H]5O[C@H](C(=O)NC6CC6)C(O)C5O)c4n3)CC2)cc1. The molecule has 2 amide bonds. The molecule has 0 bridgehead atoms. The molecule has 226 valence electrons. The van der Waals surface area contributed by atoms with Gasteiger partial charge in [-0.2, -0.15) is 0 Å². The molecule has 5 N–H and O–H groups in total. The second-order valence-electron chi connectivity index (χ2n) is 10.9. The molecule has 0 radical (unpaired) electrons. The Balaban J connectivity index is 1.07. The molecule has 43 heavy (non-hydrogen) atoms. The molecule has 4 atom stereocenters. The first-order valence-corrected chi connectivity index (χ1v) is 14.2. The normalized spacial score (nSPS) is 23.9. The number of carbonyl (C=O) groups excluding carboxylic acids is 2. The van der Waals surface area contributed by atoms with Crippen molar-refractivity contribution < 1.29 is 34.0 Å². The van der Waals surface area contributed by atoms with Crippen LogP contribution in [0.25, 0.3) is 11.2 Å². The summed E-state index contributed by atoms with van der Waals surface area (Å²) >= 11 is 0. The molecule has 3 fully saturated rings. The van der Waals surface area contributed by atoms with Crippen molar-refractivity contribution in [2.45, 2.75) is 62.7 Å². The second-order valence-corrected chi connectivity index (χ2v) is 10.9. The number of anilines is 1. The molecule has 6 rings (SSSR count). The minimum absolute atomic E-state index is 0.0800. The van der Waals surface area contributed by atoms with Crippen LogP contribution in [0.5, 0.6) is 11.5 Å². The number of piperidine rings is 1. The molecular formula is C29H33N7O7. The van der Waals surface area contributed by atoms with Crippen LogP contribution in [0.4, 0.5) is 10.6 Å². The average Bonchev–Trinajstić information content (AvgIpc) is 3.64. The van der Waals surface area contributed by atoms with Gasteiger partial charge in [-0.05, 0) is 61.8 Å². The van der Waals surface area contributed by atoms with Crippen molar-refractivity contribution in [2.24, 2.45) is 5.92 Å². The molecule has 3 aliphatic rings. The number of aliphatic hydroxyl groups is 2. The first-order chi connectivity index (χ1) is 20.8. The van der Waals surface area contributed by atoms with E-state index in [1.807, 2.05) is 0 Å². The van der Waals surface area contributed by atoms with Crippen molar-refractivity contribution in [3.8, 4) is 23.3 Å². The number of nitrogens with two attached hydrogens (primary N) is 1. The lowest BCUT2D eigenvalue weighted by Crippen LogP contribution is -2.43. The number of carbonyl (C=O) groups is 2. The zero-order chi connectivity index (χ0) is 30.1. The first kappa shape index (κ1) is 28.7. The van der Waals surface area contributed by atoms with Crippen molar-refractivity contribution in [3.05, 3.63) is 36.4 Å². The number of hydrogen-bond acceptors (Lipinski definition) is 11. The summed E-state index contributed by atoms with van der Waals surface area (Å²) in [6, 6.07) is 6.93. The highest BCUT2D eigenvalue weighted by molar-refractivity contribution is 5.83. The Morgan fingerprint density at radius 3 is 2.51 bits per heavy atom. The van der Waals surface area contributed by atoms with Crippen LogP contribution in [0.15, 0.2) is 30.6 Å². The fraction of sp³-hybridized carbons (Fsp3) is 0.483. The maximum absolute atomic E-state index is 12.6. The molecule has 4 heterocycles. The standard InChI is InChI=1S/C29H33N7O7/c1-41-18-7-9-19(10-8-18)42-29(40)35-13-11-16(12-14-35)3-2-4-20-33-25(30)21-26(34-20)36(15-31-21)28-23(38)22(37)24(43-28)27(39)32-17-5-6-17/h7-10,15-17,22-24,28,37-38H,3,5-6,11-14H2,1H3,(H,32,39)(H2,30,33,34)/t22?,23?,24-,28+/m0/s1. The molecule has 2 aromatic heterocycles. The summed E-state index contributed by atoms with van der Waals surface area (Å²) < 4.78 is 17.8. The van der Waals surface area contributed by atoms with E-state index in [2.05, 4.69) is 32.1 Å². The van der Waals surface area contributed by atoms with Gasteiger partial charge in [0.15, 0.2) is 23.8 Å². The fourth-order valence-corrected chi connectivity index (χ4v) is 5.20. The highest BCUT2D eigenvalue weighted by Gasteiger charge is 2.48. The van der Waals surface area contributed by atoms with E-state index in [1.165, 1.54) is 10.9 Å². The highest BCUT2D eigenvalue weighted by atomic mass is 16.6. The number of nitrogens with zero attached hydrogens (tertiary/aromatic N) is 5. The molecule has 14 heteroatoms. The van der Waals surface area contributed by atoms with Gasteiger partial charge >= 0.3 is 6.09 Å². The molecule has 1 aliphatic carbocycles. The van der Waals surface area contributed by atoms with Crippen molar-refractivity contribution in [1.29, 1.82) is 0 Å². The van der Waals surface area contributed by atoms with E-state index < -0.39 is 30.4 Å². The van der Waals surface area contributed by atoms with Gasteiger partial charge in [-0.25, -0.2) is 19.7 Å². The second kappa shape index (κ2) is 12.0. The highest BCUT2D eigenvalue weighted by Crippen LogP contribution is 2.33. The molecule has 2 saturated heterocycles. The third-order valence-corrected chi connectivity index (χ3v) is 7.87. The van der Waals surface area contributed by atoms with Crippen LogP contribution in [0, 0.1) is 17.8 Å². The number of methoxy groups -OCH3 is 1. The van der Waals surface area contributed by atoms with Gasteiger partial charge < -0.3 is 40.4 Å². The van der Waals surface area contributed by atoms with Crippen LogP contribution in [-0.2, 0) is 9.53 Å². The van der Waals surface area contributed by atoms with Gasteiger partial charge in [0.05, 0.1) is 13.4 Å². The number of nitrogens with one attached hydrogen (secondary N) is 1. The number of nitrogen functional groups attached to an aromatic ring is 1. The summed E-state index contributed by atoms with van der Waals surface area (Å²) in [4.78, 5) is 39.7. The molecule has 0 spiro atoms. The van der Waals surface area contributed by atoms with E-state index in [-0.39, 0.29) is 40.9 Å². The zero-order valence-corrected chi connectivity index (χ0v) is 23.5. The van der Waals surface area contributed by atoms with Gasteiger partial charge in [0.2, 0.25) is 5.82 Å². The van der Waals surface area contributed by atoms with E-state index >= 15 is 0 Å². The first-order valence-electron chi connectivity index (χ1n) is 14.2. The summed E-state index contributed by atoms with van der Waals surface area (Å²) in [5.41, 5.74) is 6.68. The summed E-state index contributed by atoms with van der Waals surface area (Å²) in [5, 5.41) is 24.0. The lowest BCUT2D eigenvalue weighted by atomic mass is 9.94. The molecule has 1 aromatic carbocycles. The van der Waals surface area contributed by atoms with Crippen molar-refractivity contribution in [3.63, 3.8) is 0 Å². The van der Waals surface area contributed by atoms with Gasteiger partial charge in [-0.15, -0.1) is 0 Å². The molecule has 2 aliphatic heterocycles. The number of aliphatic hydroxyl groups excluding tert-OH is 2. The Bertz CT molecular complexity index is 1550. The average molecular weight is 592 g/mol. The number of benzene rings is 1. The summed E-state index contributed by atoms with van der Waals surface area (Å²) in [6.45, 7) is 1.12. The lowest BCUT2D eigenvalue weighted by molar-refractivity contribution is -0.137. The number of ether oxygens (including phenoxy) is 3. The van der Waals surface area contributed by atoms with Gasteiger partial charge in [0.1, 0.15) is 29.2 Å². The van der Waals surface area contributed by atoms with Crippen LogP contribution in [0.1, 0.15) is 44.2 Å². The van der Waals surface area contributed by atoms with Gasteiger partial charge in [0, 0.05) is 25.6 Å². The summed E-state index contributed by atoms with van der Waals surface area (Å²) in [6.07, 6.45) is -0.267. The van der Waals surface area contributed by atoms with Crippen molar-refractivity contribution in [1.82, 2.24) is 29.7 Å². The summed E-state index contributed by atoms with van der Waals surface area (Å²) in [7, 11) is 1.57. The van der Waals surface area contributed by atoms with E-state index in [1.54, 1.807) is 36.3 Å². The Morgan fingerprint density at radius 2 is 1.81 bits per heavy atom. The van der Waals surface area contributed by atoms with E-state index in [4.69, 9.17) is 19.9 Å². The Hall–Kier alpha value is -4.45. The third kappa shape index (κ3) is 6.19. The number of imidazole rings is 1. The minimum atomic E-state index is -1.42. The van der Waals surface area contributed by atoms with Crippen LogP contribution in [-0.4, -0.2) is 91.2 Å². The van der Waals surface area contributed by atoms with Crippen LogP contribution in [0.2, 0.25) is 0 Å². The Kier molecular flexibility index (Phi) is 8.02. The minimum Gasteiger partial charge on any atom is -0.497 e. The van der Waals surface area contributed by atoms with Gasteiger partial charge in [-0.1, -0.05) is 5.92 Å². The molecule has 2 unspecified atom stereocenters. The number of likely N-dealkylation sites (tertiary alicyclic amines) is 1. The number of fused-ring (bicyclic) bond motifs is 1. The van der Waals surface area contributed by atoms with Crippen LogP contribution >= 0.6 is 0 Å². The lowest BCUT2D eigenvalue weighted by Gasteiger charge is -2.30. The maximum Gasteiger partial charge on any atom is 0.415 e. The summed E-state index contributed by atoms with van der Waals surface area (Å²) in [5.74, 6) is 7.31. The van der Waals surface area contributed by atoms with E-state index in [9.17, 15) is 19.8 Å². The van der Waals surface area contributed by atoms with E-state index in [0.29, 0.717) is 31.0 Å². The molecule has 3 aromatic rings. The Morgan fingerprint density at radius 1 is 1.09 bits per heavy atom. The van der Waals surface area contributed by atoms with Crippen molar-refractivity contribution in [2.75, 3.05) is 25.9 Å². The monoisotopic (exact) mass is 591 g/mol. The number of rotatable bonds is 6. The van der Waals surface area contributed by atoms with Gasteiger partial charge in [-0.3, -0.25) is 9.36 Å². The maximum atomic E-state index is 12.6. The topological polar surface area (TPSA) is 187 Å². The van der Waals surface area contributed by atoms with Crippen LogP contribution in [0.3, 0.4) is 0 Å². The predicted octanol–water partition coefficient (Wildman–Crippen LogP) is 0.968. The largest absolute Gasteiger partial charge is 0.497 e. The molecular weight excluding hydrogens is 558 g/mol. The van der Waals surface area contributed by atoms with E-state index in [0.717, 1.165) is 25.7 Å². The predicted molar refractivity (Wildman–Crippen MR) is 152 cm³/mol. The zero-order valence-electron chi connectivity index (χ0n) is 23.5. The quantitative estimate of drug-likeness (QED) is 0.299. The van der Waals surface area contributed by atoms with Gasteiger partial charge in [0.25, 0.3) is 5.91 Å². The number of aromatic nitrogens is 4. The molecule has 1 saturated carbocycles. The molecule has 14 nitrogen and oxygen atoms in total. The third-order valence-electron chi connectivity index (χ3n) is 7.87. The Labute approximate surface area is 247 Å². The fourth-order valence-electron chi connectivity index (χ4n) is 5.20.